The molecule has 0 aliphatic rings. The summed E-state index contributed by atoms with van der Waals surface area (Å²) < 4.78 is 0. The van der Waals surface area contributed by atoms with Crippen molar-refractivity contribution in [2.24, 2.45) is 5.41 Å². The van der Waals surface area contributed by atoms with Gasteiger partial charge < -0.3 is 15.3 Å². The molecule has 0 aliphatic carbocycles. The first kappa shape index (κ1) is 20.4. The first-order chi connectivity index (χ1) is 9.54. The highest BCUT2D eigenvalue weighted by atomic mass is 16.4. The molecule has 0 aliphatic heterocycles. The Morgan fingerprint density at radius 1 is 1.24 bits per heavy atom. The van der Waals surface area contributed by atoms with Gasteiger partial charge in [0.25, 0.3) is 0 Å². The van der Waals surface area contributed by atoms with Crippen LogP contribution in [0.25, 0.3) is 0 Å². The first-order valence-electron chi connectivity index (χ1n) is 8.23. The van der Waals surface area contributed by atoms with Crippen LogP contribution >= 0.6 is 0 Å². The number of aliphatic carboxylic acids is 1. The van der Waals surface area contributed by atoms with Crippen LogP contribution in [0, 0.1) is 5.41 Å². The van der Waals surface area contributed by atoms with Crippen molar-refractivity contribution in [3.8, 4) is 0 Å². The Balaban J connectivity index is 4.20. The van der Waals surface area contributed by atoms with Crippen LogP contribution in [-0.2, 0) is 4.79 Å². The fourth-order valence-electron chi connectivity index (χ4n) is 2.37. The fraction of sp³-hybridized carbons (Fsp3) is 0.941. The van der Waals surface area contributed by atoms with Crippen LogP contribution in [-0.4, -0.2) is 47.7 Å². The normalized spacial score (nSPS) is 16.8. The summed E-state index contributed by atoms with van der Waals surface area (Å²) in [5.74, 6) is -0.743. The number of unbranched alkanes of at least 4 members (excludes halogenated alkanes) is 1. The third-order valence-corrected chi connectivity index (χ3v) is 4.59. The zero-order valence-electron chi connectivity index (χ0n) is 15.1. The van der Waals surface area contributed by atoms with Gasteiger partial charge in [-0.1, -0.05) is 27.7 Å². The molecule has 0 aromatic rings. The van der Waals surface area contributed by atoms with Crippen molar-refractivity contribution in [1.29, 1.82) is 0 Å². The second kappa shape index (κ2) is 8.74. The number of nitrogens with one attached hydrogen (secondary N) is 1. The lowest BCUT2D eigenvalue weighted by molar-refractivity contribution is -0.144. The summed E-state index contributed by atoms with van der Waals surface area (Å²) in [6.45, 7) is 14.6. The van der Waals surface area contributed by atoms with Gasteiger partial charge in [-0.25, -0.2) is 0 Å². The summed E-state index contributed by atoms with van der Waals surface area (Å²) in [7, 11) is 2.15. The van der Waals surface area contributed by atoms with E-state index in [0.717, 1.165) is 32.4 Å². The van der Waals surface area contributed by atoms with E-state index in [1.54, 1.807) is 6.92 Å². The second-order valence-electron chi connectivity index (χ2n) is 7.54. The molecule has 0 amide bonds. The van der Waals surface area contributed by atoms with Crippen molar-refractivity contribution >= 4 is 5.97 Å². The molecule has 0 fully saturated rings. The summed E-state index contributed by atoms with van der Waals surface area (Å²) in [5, 5.41) is 12.6. The van der Waals surface area contributed by atoms with Gasteiger partial charge in [0, 0.05) is 6.04 Å². The van der Waals surface area contributed by atoms with Crippen molar-refractivity contribution in [2.45, 2.75) is 78.8 Å². The number of hydrogen-bond acceptors (Lipinski definition) is 3. The van der Waals surface area contributed by atoms with Gasteiger partial charge in [0.2, 0.25) is 0 Å². The van der Waals surface area contributed by atoms with Gasteiger partial charge in [0.15, 0.2) is 0 Å². The molecule has 4 heteroatoms. The van der Waals surface area contributed by atoms with E-state index < -0.39 is 11.5 Å². The van der Waals surface area contributed by atoms with Crippen molar-refractivity contribution in [3.05, 3.63) is 0 Å². The molecule has 0 aromatic heterocycles. The van der Waals surface area contributed by atoms with Crippen molar-refractivity contribution < 1.29 is 9.90 Å². The van der Waals surface area contributed by atoms with Crippen molar-refractivity contribution in [1.82, 2.24) is 10.2 Å². The lowest BCUT2D eigenvalue weighted by Gasteiger charge is -2.35. The molecule has 126 valence electrons. The third-order valence-electron chi connectivity index (χ3n) is 4.59. The Morgan fingerprint density at radius 2 is 1.81 bits per heavy atom. The largest absolute Gasteiger partial charge is 0.480 e. The zero-order valence-corrected chi connectivity index (χ0v) is 15.1. The average molecular weight is 300 g/mol. The number of hydrogen-bond donors (Lipinski definition) is 2. The molecule has 2 atom stereocenters. The quantitative estimate of drug-likeness (QED) is 0.607. The van der Waals surface area contributed by atoms with E-state index >= 15 is 0 Å². The highest BCUT2D eigenvalue weighted by Crippen LogP contribution is 2.23. The number of carboxylic acids is 1. The summed E-state index contributed by atoms with van der Waals surface area (Å²) >= 11 is 0. The van der Waals surface area contributed by atoms with Crippen molar-refractivity contribution in [3.63, 3.8) is 0 Å². The van der Waals surface area contributed by atoms with Crippen molar-refractivity contribution in [2.75, 3.05) is 20.1 Å². The minimum Gasteiger partial charge on any atom is -0.480 e. The van der Waals surface area contributed by atoms with E-state index in [1.807, 2.05) is 0 Å². The SMILES string of the molecule is CCCNC(C)(CCCCN(C)C(C)C(C)(C)C)C(=O)O. The summed E-state index contributed by atoms with van der Waals surface area (Å²) in [6.07, 6.45) is 3.60. The molecule has 0 rings (SSSR count). The maximum Gasteiger partial charge on any atom is 0.323 e. The molecule has 0 bridgehead atoms. The van der Waals surface area contributed by atoms with Gasteiger partial charge in [-0.2, -0.15) is 0 Å². The smallest absolute Gasteiger partial charge is 0.323 e. The van der Waals surface area contributed by atoms with Gasteiger partial charge in [-0.3, -0.25) is 4.79 Å². The molecular weight excluding hydrogens is 264 g/mol. The molecule has 4 nitrogen and oxygen atoms in total. The fourth-order valence-corrected chi connectivity index (χ4v) is 2.37. The Morgan fingerprint density at radius 3 is 2.24 bits per heavy atom. The molecule has 21 heavy (non-hydrogen) atoms. The van der Waals surface area contributed by atoms with Gasteiger partial charge in [0.1, 0.15) is 5.54 Å². The van der Waals surface area contributed by atoms with Gasteiger partial charge in [-0.15, -0.1) is 0 Å². The molecule has 0 spiro atoms. The molecule has 0 saturated heterocycles. The number of carboxylic acid groups (broad SMARTS) is 1. The van der Waals surface area contributed by atoms with Gasteiger partial charge >= 0.3 is 5.97 Å². The predicted molar refractivity (Wildman–Crippen MR) is 89.7 cm³/mol. The Kier molecular flexibility index (Phi) is 8.49. The minimum atomic E-state index is -0.787. The topological polar surface area (TPSA) is 52.6 Å². The molecule has 0 radical (unpaired) electrons. The van der Waals surface area contributed by atoms with E-state index in [0.29, 0.717) is 12.5 Å². The first-order valence-corrected chi connectivity index (χ1v) is 8.23. The highest BCUT2D eigenvalue weighted by molar-refractivity contribution is 5.78. The maximum absolute atomic E-state index is 11.4. The van der Waals surface area contributed by atoms with Crippen LogP contribution in [0.4, 0.5) is 0 Å². The number of carbonyl (C=O) groups is 1. The number of nitrogens with zero attached hydrogens (tertiary/aromatic N) is 1. The van der Waals surface area contributed by atoms with E-state index in [1.165, 1.54) is 0 Å². The summed E-state index contributed by atoms with van der Waals surface area (Å²) in [6, 6.07) is 0.515. The van der Waals surface area contributed by atoms with E-state index in [4.69, 9.17) is 0 Å². The predicted octanol–water partition coefficient (Wildman–Crippen LogP) is 3.37. The maximum atomic E-state index is 11.4. The monoisotopic (exact) mass is 300 g/mol. The van der Waals surface area contributed by atoms with E-state index in [9.17, 15) is 9.90 Å². The van der Waals surface area contributed by atoms with E-state index in [2.05, 4.69) is 51.9 Å². The Labute approximate surface area is 131 Å². The van der Waals surface area contributed by atoms with Crippen LogP contribution in [0.2, 0.25) is 0 Å². The molecule has 2 N–H and O–H groups in total. The Hall–Kier alpha value is -0.610. The zero-order chi connectivity index (χ0) is 16.7. The lowest BCUT2D eigenvalue weighted by Crippen LogP contribution is -2.49. The van der Waals surface area contributed by atoms with Crippen LogP contribution in [0.3, 0.4) is 0 Å². The average Bonchev–Trinajstić information content (AvgIpc) is 2.38. The van der Waals surface area contributed by atoms with Crippen LogP contribution < -0.4 is 5.32 Å². The minimum absolute atomic E-state index is 0.271. The van der Waals surface area contributed by atoms with Gasteiger partial charge in [-0.05, 0) is 65.1 Å². The van der Waals surface area contributed by atoms with Crippen LogP contribution in [0.1, 0.15) is 67.2 Å². The number of rotatable bonds is 10. The van der Waals surface area contributed by atoms with Crippen LogP contribution in [0.5, 0.6) is 0 Å². The highest BCUT2D eigenvalue weighted by Gasteiger charge is 2.31. The van der Waals surface area contributed by atoms with Crippen LogP contribution in [0.15, 0.2) is 0 Å². The molecule has 0 heterocycles. The summed E-state index contributed by atoms with van der Waals surface area (Å²) in [5.41, 5.74) is -0.517. The third kappa shape index (κ3) is 7.28. The Bertz CT molecular complexity index is 312. The lowest BCUT2D eigenvalue weighted by atomic mass is 9.87. The standard InChI is InChI=1S/C17H36N2O2/c1-8-12-18-17(6,15(20)21)11-9-10-13-19(7)14(2)16(3,4)5/h14,18H,8-13H2,1-7H3,(H,20,21). The van der Waals surface area contributed by atoms with Gasteiger partial charge in [0.05, 0.1) is 0 Å². The molecule has 2 unspecified atom stereocenters. The van der Waals surface area contributed by atoms with E-state index in [-0.39, 0.29) is 5.41 Å². The molecular formula is C17H36N2O2. The molecule has 0 aromatic carbocycles. The molecule has 0 saturated carbocycles. The second-order valence-corrected chi connectivity index (χ2v) is 7.54. The summed E-state index contributed by atoms with van der Waals surface area (Å²) in [4.78, 5) is 13.8.